The molecule has 0 spiro atoms. The molecule has 0 bridgehead atoms. The second-order valence-electron chi connectivity index (χ2n) is 13.0. The van der Waals surface area contributed by atoms with Crippen LogP contribution in [0.1, 0.15) is 51.7 Å². The minimum absolute atomic E-state index is 0.0782. The lowest BCUT2D eigenvalue weighted by molar-refractivity contribution is 0.638. The highest BCUT2D eigenvalue weighted by Gasteiger charge is 2.38. The molecule has 0 fully saturated rings. The van der Waals surface area contributed by atoms with Crippen molar-refractivity contribution < 1.29 is 0 Å². The summed E-state index contributed by atoms with van der Waals surface area (Å²) < 4.78 is 0. The fraction of sp³-hybridized carbons (Fsp3) is 0.195. The first-order valence-electron chi connectivity index (χ1n) is 15.7. The summed E-state index contributed by atoms with van der Waals surface area (Å²) in [5.74, 6) is 2.66. The quantitative estimate of drug-likeness (QED) is 0.212. The van der Waals surface area contributed by atoms with Gasteiger partial charge in [0.1, 0.15) is 0 Å². The second-order valence-corrected chi connectivity index (χ2v) is 13.0. The zero-order valence-corrected chi connectivity index (χ0v) is 25.7. The molecule has 0 N–H and O–H groups in total. The molecule has 214 valence electrons. The Hall–Kier alpha value is -4.89. The van der Waals surface area contributed by atoms with E-state index in [0.29, 0.717) is 23.4 Å². The number of nitrogens with zero attached hydrogens (tertiary/aromatic N) is 3. The topological polar surface area (TPSA) is 38.7 Å². The van der Waals surface area contributed by atoms with Crippen LogP contribution in [0.25, 0.3) is 61.3 Å². The zero-order valence-electron chi connectivity index (χ0n) is 25.7. The van der Waals surface area contributed by atoms with E-state index in [2.05, 4.69) is 137 Å². The van der Waals surface area contributed by atoms with Crippen LogP contribution in [0.5, 0.6) is 0 Å². The number of fused-ring (bicyclic) bond motifs is 4. The molecule has 2 aliphatic rings. The first kappa shape index (κ1) is 26.7. The lowest BCUT2D eigenvalue weighted by Gasteiger charge is -2.27. The van der Waals surface area contributed by atoms with E-state index in [-0.39, 0.29) is 5.41 Å². The van der Waals surface area contributed by atoms with E-state index in [1.54, 1.807) is 5.57 Å². The van der Waals surface area contributed by atoms with Gasteiger partial charge in [-0.2, -0.15) is 0 Å². The first-order chi connectivity index (χ1) is 21.4. The van der Waals surface area contributed by atoms with Crippen molar-refractivity contribution in [1.29, 1.82) is 0 Å². The highest BCUT2D eigenvalue weighted by molar-refractivity contribution is 5.97. The van der Waals surface area contributed by atoms with Crippen molar-refractivity contribution >= 4 is 27.1 Å². The molecule has 0 atom stereocenters. The van der Waals surface area contributed by atoms with Crippen LogP contribution in [0.15, 0.2) is 120 Å². The lowest BCUT2D eigenvalue weighted by atomic mass is 9.77. The predicted octanol–water partition coefficient (Wildman–Crippen LogP) is 10.6. The smallest absolute Gasteiger partial charge is 0.164 e. The van der Waals surface area contributed by atoms with Gasteiger partial charge in [0.2, 0.25) is 0 Å². The molecule has 0 saturated heterocycles. The maximum Gasteiger partial charge on any atom is 0.164 e. The molecule has 0 aliphatic heterocycles. The molecule has 0 saturated carbocycles. The monoisotopic (exact) mass is 569 g/mol. The van der Waals surface area contributed by atoms with Crippen molar-refractivity contribution in [2.24, 2.45) is 5.92 Å². The van der Waals surface area contributed by atoms with Gasteiger partial charge in [0.25, 0.3) is 0 Å². The Kier molecular flexibility index (Phi) is 6.13. The third-order valence-corrected chi connectivity index (χ3v) is 9.71. The summed E-state index contributed by atoms with van der Waals surface area (Å²) in [5.41, 5.74) is 10.2. The number of rotatable bonds is 4. The molecule has 3 nitrogen and oxygen atoms in total. The summed E-state index contributed by atoms with van der Waals surface area (Å²) in [4.78, 5) is 15.5. The van der Waals surface area contributed by atoms with Gasteiger partial charge < -0.3 is 0 Å². The molecule has 8 rings (SSSR count). The SMILES string of the molecule is CC(C)C1=CC2=C(CC1)c1ccc(-c3nc(-c4cccc5ccccc45)nc(-c4cccc5ccccc45)n3)cc1C2(C)C. The minimum atomic E-state index is -0.0782. The van der Waals surface area contributed by atoms with Gasteiger partial charge in [-0.25, -0.2) is 15.0 Å². The maximum atomic E-state index is 5.18. The minimum Gasteiger partial charge on any atom is -0.208 e. The molecule has 44 heavy (non-hydrogen) atoms. The lowest BCUT2D eigenvalue weighted by Crippen LogP contribution is -2.18. The molecule has 6 aromatic rings. The number of hydrogen-bond donors (Lipinski definition) is 0. The highest BCUT2D eigenvalue weighted by atomic mass is 15.0. The molecular formula is C41H35N3. The summed E-state index contributed by atoms with van der Waals surface area (Å²) in [7, 11) is 0. The van der Waals surface area contributed by atoms with E-state index in [4.69, 9.17) is 15.0 Å². The first-order valence-corrected chi connectivity index (χ1v) is 15.7. The van der Waals surface area contributed by atoms with Crippen LogP contribution < -0.4 is 0 Å². The number of allylic oxidation sites excluding steroid dienone is 4. The van der Waals surface area contributed by atoms with Crippen molar-refractivity contribution in [3.63, 3.8) is 0 Å². The van der Waals surface area contributed by atoms with Gasteiger partial charge >= 0.3 is 0 Å². The molecule has 0 amide bonds. The fourth-order valence-electron chi connectivity index (χ4n) is 7.24. The van der Waals surface area contributed by atoms with E-state index in [0.717, 1.165) is 40.3 Å². The predicted molar refractivity (Wildman–Crippen MR) is 183 cm³/mol. The number of aromatic nitrogens is 3. The molecular weight excluding hydrogens is 534 g/mol. The Bertz CT molecular complexity index is 2070. The highest BCUT2D eigenvalue weighted by Crippen LogP contribution is 2.52. The van der Waals surface area contributed by atoms with Crippen LogP contribution in [-0.2, 0) is 5.41 Å². The second kappa shape index (κ2) is 10.1. The molecule has 3 heteroatoms. The Morgan fingerprint density at radius 2 is 1.16 bits per heavy atom. The van der Waals surface area contributed by atoms with Crippen LogP contribution in [0, 0.1) is 5.92 Å². The normalized spacial score (nSPS) is 15.5. The van der Waals surface area contributed by atoms with Crippen LogP contribution in [0.2, 0.25) is 0 Å². The van der Waals surface area contributed by atoms with Gasteiger partial charge in [0.05, 0.1) is 0 Å². The van der Waals surface area contributed by atoms with E-state index in [1.807, 2.05) is 0 Å². The Morgan fingerprint density at radius 1 is 0.591 bits per heavy atom. The van der Waals surface area contributed by atoms with Crippen LogP contribution in [-0.4, -0.2) is 15.0 Å². The number of benzene rings is 5. The summed E-state index contributed by atoms with van der Waals surface area (Å²) in [6, 6.07) is 36.5. The van der Waals surface area contributed by atoms with Gasteiger partial charge in [0.15, 0.2) is 17.5 Å². The molecule has 0 radical (unpaired) electrons. The van der Waals surface area contributed by atoms with Crippen molar-refractivity contribution in [3.8, 4) is 34.2 Å². The van der Waals surface area contributed by atoms with E-state index in [9.17, 15) is 0 Å². The third kappa shape index (κ3) is 4.22. The Labute approximate surface area is 259 Å². The third-order valence-electron chi connectivity index (χ3n) is 9.71. The van der Waals surface area contributed by atoms with Gasteiger partial charge in [-0.05, 0) is 68.6 Å². The van der Waals surface area contributed by atoms with Gasteiger partial charge in [0, 0.05) is 22.1 Å². The Morgan fingerprint density at radius 3 is 1.77 bits per heavy atom. The molecule has 0 unspecified atom stereocenters. The van der Waals surface area contributed by atoms with Crippen molar-refractivity contribution in [2.75, 3.05) is 0 Å². The van der Waals surface area contributed by atoms with Crippen molar-refractivity contribution in [1.82, 2.24) is 15.0 Å². The van der Waals surface area contributed by atoms with Crippen LogP contribution >= 0.6 is 0 Å². The summed E-state index contributed by atoms with van der Waals surface area (Å²) in [6.07, 6.45) is 4.74. The average Bonchev–Trinajstić information content (AvgIpc) is 3.29. The molecule has 2 aliphatic carbocycles. The van der Waals surface area contributed by atoms with Gasteiger partial charge in [-0.1, -0.05) is 136 Å². The van der Waals surface area contributed by atoms with Gasteiger partial charge in [-0.15, -0.1) is 0 Å². The molecule has 5 aromatic carbocycles. The largest absolute Gasteiger partial charge is 0.208 e. The fourth-order valence-corrected chi connectivity index (χ4v) is 7.24. The zero-order chi connectivity index (χ0) is 30.0. The summed E-state index contributed by atoms with van der Waals surface area (Å²) >= 11 is 0. The van der Waals surface area contributed by atoms with Crippen molar-refractivity contribution in [2.45, 2.75) is 46.0 Å². The average molecular weight is 570 g/mol. The summed E-state index contributed by atoms with van der Waals surface area (Å²) in [5, 5.41) is 4.61. The van der Waals surface area contributed by atoms with Gasteiger partial charge in [-0.3, -0.25) is 0 Å². The molecule has 1 aromatic heterocycles. The Balaban J connectivity index is 1.33. The molecule has 1 heterocycles. The van der Waals surface area contributed by atoms with E-state index in [1.165, 1.54) is 33.0 Å². The van der Waals surface area contributed by atoms with E-state index >= 15 is 0 Å². The van der Waals surface area contributed by atoms with Crippen LogP contribution in [0.4, 0.5) is 0 Å². The summed E-state index contributed by atoms with van der Waals surface area (Å²) in [6.45, 7) is 9.36. The van der Waals surface area contributed by atoms with E-state index < -0.39 is 0 Å². The van der Waals surface area contributed by atoms with Crippen LogP contribution in [0.3, 0.4) is 0 Å². The standard InChI is InChI=1S/C41H35N3/c1-25(2)28-19-21-32-33-22-20-29(24-37(33)41(3,4)36(32)23-28)38-42-39(34-17-9-13-26-11-5-7-15-30(26)34)44-40(43-38)35-18-10-14-27-12-6-8-16-31(27)35/h5-18,20,22-25H,19,21H2,1-4H3. The maximum absolute atomic E-state index is 5.18. The van der Waals surface area contributed by atoms with Crippen molar-refractivity contribution in [3.05, 3.63) is 131 Å². The number of hydrogen-bond acceptors (Lipinski definition) is 3.